The SMILES string of the molecule is Cc1cccc(-n2c3[c-]c(Oc4[c-]c(N5[CH-]N(c6c(-c7ccccc7)cccc6-c6ccccc6)c6c5ccc5ccccc65)ccc4)ccc3c3ccccc32)n1.[Pd]. The maximum absolute atomic E-state index is 6.62. The van der Waals surface area contributed by atoms with Gasteiger partial charge in [-0.05, 0) is 53.1 Å². The van der Waals surface area contributed by atoms with Gasteiger partial charge in [0.25, 0.3) is 0 Å². The zero-order chi connectivity index (χ0) is 38.6. The number of aryl methyl sites for hydroxylation is 1. The fourth-order valence-electron chi connectivity index (χ4n) is 8.37. The van der Waals surface area contributed by atoms with Crippen LogP contribution in [0.5, 0.6) is 11.5 Å². The smallest absolute Gasteiger partial charge is 0.135 e. The average Bonchev–Trinajstić information content (AvgIpc) is 3.83. The molecular formula is C53H35N4OPd-3. The van der Waals surface area contributed by atoms with E-state index in [9.17, 15) is 0 Å². The van der Waals surface area contributed by atoms with Gasteiger partial charge in [0.2, 0.25) is 0 Å². The van der Waals surface area contributed by atoms with E-state index in [0.717, 1.165) is 83.7 Å². The van der Waals surface area contributed by atoms with Crippen LogP contribution in [-0.2, 0) is 20.4 Å². The predicted molar refractivity (Wildman–Crippen MR) is 237 cm³/mol. The van der Waals surface area contributed by atoms with Crippen LogP contribution in [0.2, 0.25) is 0 Å². The van der Waals surface area contributed by atoms with Crippen molar-refractivity contribution in [1.29, 1.82) is 0 Å². The Kier molecular flexibility index (Phi) is 9.30. The van der Waals surface area contributed by atoms with Crippen molar-refractivity contribution in [3.05, 3.63) is 213 Å². The summed E-state index contributed by atoms with van der Waals surface area (Å²) in [7, 11) is 0. The molecule has 2 aromatic heterocycles. The molecule has 286 valence electrons. The topological polar surface area (TPSA) is 33.5 Å². The second-order valence-corrected chi connectivity index (χ2v) is 14.5. The van der Waals surface area contributed by atoms with Gasteiger partial charge in [0.15, 0.2) is 0 Å². The molecule has 3 heterocycles. The first kappa shape index (κ1) is 36.4. The molecule has 59 heavy (non-hydrogen) atoms. The van der Waals surface area contributed by atoms with Crippen molar-refractivity contribution >= 4 is 55.3 Å². The van der Waals surface area contributed by atoms with Crippen LogP contribution in [0, 0.1) is 25.7 Å². The zero-order valence-electron chi connectivity index (χ0n) is 32.0. The summed E-state index contributed by atoms with van der Waals surface area (Å²) in [6.07, 6.45) is 0. The third-order valence-electron chi connectivity index (χ3n) is 10.9. The van der Waals surface area contributed by atoms with E-state index < -0.39 is 0 Å². The number of hydrogen-bond acceptors (Lipinski definition) is 4. The predicted octanol–water partition coefficient (Wildman–Crippen LogP) is 13.8. The number of aromatic nitrogens is 2. The minimum Gasteiger partial charge on any atom is -0.509 e. The fourth-order valence-corrected chi connectivity index (χ4v) is 8.37. The molecule has 5 nitrogen and oxygen atoms in total. The van der Waals surface area contributed by atoms with Gasteiger partial charge in [-0.3, -0.25) is 0 Å². The molecule has 1 aliphatic heterocycles. The molecule has 6 heteroatoms. The molecule has 8 aromatic carbocycles. The van der Waals surface area contributed by atoms with Crippen LogP contribution in [-0.4, -0.2) is 9.55 Å². The number of nitrogens with zero attached hydrogens (tertiary/aromatic N) is 4. The first-order chi connectivity index (χ1) is 28.7. The molecule has 0 fully saturated rings. The number of fused-ring (bicyclic) bond motifs is 6. The van der Waals surface area contributed by atoms with Gasteiger partial charge >= 0.3 is 0 Å². The number of anilines is 4. The van der Waals surface area contributed by atoms with Crippen molar-refractivity contribution in [3.8, 4) is 39.6 Å². The molecule has 0 spiro atoms. The summed E-state index contributed by atoms with van der Waals surface area (Å²) in [5, 5.41) is 4.56. The Morgan fingerprint density at radius 2 is 1.17 bits per heavy atom. The van der Waals surface area contributed by atoms with E-state index in [0.29, 0.717) is 11.5 Å². The molecule has 0 N–H and O–H groups in total. The molecular weight excluding hydrogens is 815 g/mol. The second-order valence-electron chi connectivity index (χ2n) is 14.5. The molecule has 0 unspecified atom stereocenters. The average molecular weight is 850 g/mol. The molecule has 0 saturated carbocycles. The van der Waals surface area contributed by atoms with Gasteiger partial charge in [-0.2, -0.15) is 12.1 Å². The molecule has 0 radical (unpaired) electrons. The molecule has 1 aliphatic rings. The summed E-state index contributed by atoms with van der Waals surface area (Å²) in [4.78, 5) is 9.46. The quantitative estimate of drug-likeness (QED) is 0.118. The monoisotopic (exact) mass is 849 g/mol. The Bertz CT molecular complexity index is 3100. The molecule has 0 amide bonds. The van der Waals surface area contributed by atoms with Crippen LogP contribution in [0.25, 0.3) is 60.6 Å². The molecule has 0 bridgehead atoms. The van der Waals surface area contributed by atoms with E-state index in [1.807, 2.05) is 43.3 Å². The van der Waals surface area contributed by atoms with Crippen molar-refractivity contribution in [2.24, 2.45) is 0 Å². The van der Waals surface area contributed by atoms with E-state index in [4.69, 9.17) is 9.72 Å². The van der Waals surface area contributed by atoms with Gasteiger partial charge in [-0.15, -0.1) is 48.1 Å². The Balaban J connectivity index is 0.00000420. The summed E-state index contributed by atoms with van der Waals surface area (Å²) in [6, 6.07) is 72.8. The second kappa shape index (κ2) is 15.1. The van der Waals surface area contributed by atoms with Gasteiger partial charge in [0.05, 0.1) is 0 Å². The van der Waals surface area contributed by atoms with Crippen LogP contribution in [0.4, 0.5) is 22.7 Å². The summed E-state index contributed by atoms with van der Waals surface area (Å²) < 4.78 is 8.79. The van der Waals surface area contributed by atoms with Crippen molar-refractivity contribution in [3.63, 3.8) is 0 Å². The number of benzene rings is 8. The Hall–Kier alpha value is -6.97. The molecule has 11 rings (SSSR count). The summed E-state index contributed by atoms with van der Waals surface area (Å²) in [5.74, 6) is 2.03. The minimum absolute atomic E-state index is 0. The van der Waals surface area contributed by atoms with Crippen LogP contribution in [0.3, 0.4) is 0 Å². The van der Waals surface area contributed by atoms with Crippen molar-refractivity contribution < 1.29 is 25.2 Å². The summed E-state index contributed by atoms with van der Waals surface area (Å²) >= 11 is 0. The van der Waals surface area contributed by atoms with Crippen molar-refractivity contribution in [1.82, 2.24) is 9.55 Å². The van der Waals surface area contributed by atoms with Crippen LogP contribution < -0.4 is 14.5 Å². The molecule has 0 atom stereocenters. The van der Waals surface area contributed by atoms with E-state index in [1.54, 1.807) is 0 Å². The van der Waals surface area contributed by atoms with E-state index in [2.05, 4.69) is 185 Å². The van der Waals surface area contributed by atoms with Gasteiger partial charge < -0.3 is 19.1 Å². The fraction of sp³-hybridized carbons (Fsp3) is 0.0189. The number of hydrogen-bond donors (Lipinski definition) is 0. The normalized spacial score (nSPS) is 12.2. The Labute approximate surface area is 357 Å². The maximum Gasteiger partial charge on any atom is 0.135 e. The molecule has 10 aromatic rings. The van der Waals surface area contributed by atoms with Crippen LogP contribution in [0.15, 0.2) is 188 Å². The summed E-state index contributed by atoms with van der Waals surface area (Å²) in [6.45, 7) is 4.22. The Morgan fingerprint density at radius 1 is 0.508 bits per heavy atom. The zero-order valence-corrected chi connectivity index (χ0v) is 33.5. The third-order valence-corrected chi connectivity index (χ3v) is 10.9. The van der Waals surface area contributed by atoms with E-state index in [1.165, 1.54) is 5.39 Å². The van der Waals surface area contributed by atoms with E-state index in [-0.39, 0.29) is 20.4 Å². The largest absolute Gasteiger partial charge is 0.509 e. The minimum atomic E-state index is 0. The van der Waals surface area contributed by atoms with Crippen molar-refractivity contribution in [2.75, 3.05) is 9.80 Å². The number of ether oxygens (including phenoxy) is 1. The van der Waals surface area contributed by atoms with Crippen molar-refractivity contribution in [2.45, 2.75) is 6.92 Å². The first-order valence-corrected chi connectivity index (χ1v) is 19.5. The molecule has 0 saturated heterocycles. The maximum atomic E-state index is 6.62. The van der Waals surface area contributed by atoms with Gasteiger partial charge in [-0.25, -0.2) is 4.98 Å². The van der Waals surface area contributed by atoms with Gasteiger partial charge in [-0.1, -0.05) is 139 Å². The standard InChI is InChI=1S/C53H35N4O.Pd/c1-36-15-12-28-51(54-36)57-48-27-11-10-24-46(48)47-31-30-42(34-50(47)57)58-41-22-13-21-40(33-41)55-35-56(53-45-23-9-8-20-39(45)29-32-49(53)55)52-43(37-16-4-2-5-17-37)25-14-26-44(52)38-18-6-3-7-19-38;/h2-32,35H,1H3;/q-3;. The third kappa shape index (κ3) is 6.35. The van der Waals surface area contributed by atoms with Gasteiger partial charge in [0.1, 0.15) is 5.82 Å². The van der Waals surface area contributed by atoms with Crippen LogP contribution >= 0.6 is 0 Å². The van der Waals surface area contributed by atoms with Crippen LogP contribution in [0.1, 0.15) is 5.69 Å². The molecule has 0 aliphatic carbocycles. The number of para-hydroxylation sites is 2. The van der Waals surface area contributed by atoms with E-state index >= 15 is 0 Å². The van der Waals surface area contributed by atoms with Gasteiger partial charge in [0, 0.05) is 76.7 Å². The number of pyridine rings is 1. The Morgan fingerprint density at radius 3 is 1.93 bits per heavy atom. The summed E-state index contributed by atoms with van der Waals surface area (Å²) in [5.41, 5.74) is 11.6. The number of rotatable bonds is 7. The first-order valence-electron chi connectivity index (χ1n) is 19.5.